The van der Waals surface area contributed by atoms with E-state index in [1.165, 1.54) is 23.8 Å². The van der Waals surface area contributed by atoms with Gasteiger partial charge in [0.05, 0.1) is 12.4 Å². The van der Waals surface area contributed by atoms with Gasteiger partial charge in [-0.2, -0.15) is 4.31 Å². The Morgan fingerprint density at radius 2 is 2.17 bits per heavy atom. The molecule has 1 saturated heterocycles. The number of carbonyl (C=O) groups excluding carboxylic acids is 1. The van der Waals surface area contributed by atoms with Crippen LogP contribution in [0.15, 0.2) is 17.6 Å². The lowest BCUT2D eigenvalue weighted by Gasteiger charge is -2.32. The number of piperidine rings is 1. The van der Waals surface area contributed by atoms with Crippen LogP contribution < -0.4 is 0 Å². The summed E-state index contributed by atoms with van der Waals surface area (Å²) in [5.74, 6) is -0.103. The molecule has 2 rings (SSSR count). The summed E-state index contributed by atoms with van der Waals surface area (Å²) in [7, 11) is -1.94. The topological polar surface area (TPSA) is 72.3 Å². The average molecular weight is 271 g/mol. The maximum Gasteiger partial charge on any atom is 0.262 e. The number of hydrogen-bond acceptors (Lipinski definition) is 4. The molecule has 0 spiro atoms. The summed E-state index contributed by atoms with van der Waals surface area (Å²) < 4.78 is 27.7. The van der Waals surface area contributed by atoms with Crippen LogP contribution in [0.2, 0.25) is 0 Å². The number of rotatable bonds is 3. The highest BCUT2D eigenvalue weighted by Gasteiger charge is 2.36. The number of hydrogen-bond donors (Lipinski definition) is 0. The zero-order valence-corrected chi connectivity index (χ0v) is 11.4. The van der Waals surface area contributed by atoms with Crippen molar-refractivity contribution in [2.24, 2.45) is 7.05 Å². The van der Waals surface area contributed by atoms with Crippen LogP contribution in [0, 0.1) is 0 Å². The van der Waals surface area contributed by atoms with Gasteiger partial charge in [0.15, 0.2) is 5.03 Å². The second-order valence-electron chi connectivity index (χ2n) is 4.62. The molecule has 1 aliphatic rings. The van der Waals surface area contributed by atoms with Crippen molar-refractivity contribution in [2.45, 2.75) is 37.3 Å². The highest BCUT2D eigenvalue weighted by molar-refractivity contribution is 7.89. The van der Waals surface area contributed by atoms with E-state index in [2.05, 4.69) is 4.98 Å². The lowest BCUT2D eigenvalue weighted by molar-refractivity contribution is -0.121. The smallest absolute Gasteiger partial charge is 0.262 e. The maximum atomic E-state index is 12.4. The molecule has 1 aromatic heterocycles. The van der Waals surface area contributed by atoms with Gasteiger partial charge in [0.1, 0.15) is 5.78 Å². The van der Waals surface area contributed by atoms with E-state index in [1.807, 2.05) is 0 Å². The Kier molecular flexibility index (Phi) is 3.54. The van der Waals surface area contributed by atoms with E-state index in [9.17, 15) is 13.2 Å². The Morgan fingerprint density at radius 1 is 1.44 bits per heavy atom. The minimum atomic E-state index is -3.65. The molecule has 1 atom stereocenters. The summed E-state index contributed by atoms with van der Waals surface area (Å²) in [4.78, 5) is 15.4. The van der Waals surface area contributed by atoms with Crippen molar-refractivity contribution in [1.82, 2.24) is 13.9 Å². The van der Waals surface area contributed by atoms with Crippen LogP contribution in [0.3, 0.4) is 0 Å². The normalized spacial score (nSPS) is 22.0. The Bertz CT molecular complexity index is 550. The second-order valence-corrected chi connectivity index (χ2v) is 6.45. The van der Waals surface area contributed by atoms with Crippen LogP contribution >= 0.6 is 0 Å². The molecule has 0 bridgehead atoms. The van der Waals surface area contributed by atoms with Gasteiger partial charge in [0.25, 0.3) is 10.0 Å². The third-order valence-corrected chi connectivity index (χ3v) is 4.97. The highest BCUT2D eigenvalue weighted by Crippen LogP contribution is 2.24. The number of sulfonamides is 1. The Morgan fingerprint density at radius 3 is 2.72 bits per heavy atom. The van der Waals surface area contributed by atoms with Gasteiger partial charge in [-0.05, 0) is 19.8 Å². The lowest BCUT2D eigenvalue weighted by Crippen LogP contribution is -2.47. The van der Waals surface area contributed by atoms with Gasteiger partial charge in [-0.3, -0.25) is 4.79 Å². The van der Waals surface area contributed by atoms with Gasteiger partial charge in [-0.1, -0.05) is 6.42 Å². The number of ketones is 1. The highest BCUT2D eigenvalue weighted by atomic mass is 32.2. The minimum absolute atomic E-state index is 0.0122. The number of nitrogens with zero attached hydrogens (tertiary/aromatic N) is 3. The van der Waals surface area contributed by atoms with Crippen LogP contribution in [0.25, 0.3) is 0 Å². The Balaban J connectivity index is 2.36. The molecule has 1 fully saturated rings. The van der Waals surface area contributed by atoms with E-state index in [0.29, 0.717) is 13.0 Å². The van der Waals surface area contributed by atoms with E-state index >= 15 is 0 Å². The molecule has 0 N–H and O–H groups in total. The molecule has 2 heterocycles. The molecule has 0 radical (unpaired) electrons. The van der Waals surface area contributed by atoms with Crippen molar-refractivity contribution in [2.75, 3.05) is 6.54 Å². The SMILES string of the molecule is CC(=O)C1CCCCN1S(=O)(=O)c1cn(C)cn1. The number of Topliss-reactive ketones (excluding diaryl/α,β-unsaturated/α-hetero) is 1. The number of aryl methyl sites for hydroxylation is 1. The third-order valence-electron chi connectivity index (χ3n) is 3.18. The zero-order chi connectivity index (χ0) is 13.3. The van der Waals surface area contributed by atoms with E-state index in [1.54, 1.807) is 11.6 Å². The molecule has 100 valence electrons. The molecule has 18 heavy (non-hydrogen) atoms. The lowest BCUT2D eigenvalue weighted by atomic mass is 10.0. The molecule has 6 nitrogen and oxygen atoms in total. The van der Waals surface area contributed by atoms with E-state index in [4.69, 9.17) is 0 Å². The van der Waals surface area contributed by atoms with Gasteiger partial charge >= 0.3 is 0 Å². The van der Waals surface area contributed by atoms with Crippen LogP contribution in [0.5, 0.6) is 0 Å². The van der Waals surface area contributed by atoms with Crippen molar-refractivity contribution in [3.05, 3.63) is 12.5 Å². The van der Waals surface area contributed by atoms with Gasteiger partial charge in [-0.15, -0.1) is 0 Å². The quantitative estimate of drug-likeness (QED) is 0.805. The first-order valence-corrected chi connectivity index (χ1v) is 7.37. The predicted octanol–water partition coefficient (Wildman–Crippen LogP) is 0.552. The fraction of sp³-hybridized carbons (Fsp3) is 0.636. The molecular formula is C11H17N3O3S. The summed E-state index contributed by atoms with van der Waals surface area (Å²) in [5, 5.41) is 0.0122. The second kappa shape index (κ2) is 4.81. The van der Waals surface area contributed by atoms with E-state index in [0.717, 1.165) is 12.8 Å². The van der Waals surface area contributed by atoms with Crippen molar-refractivity contribution in [3.8, 4) is 0 Å². The molecule has 1 unspecified atom stereocenters. The molecule has 0 saturated carbocycles. The van der Waals surface area contributed by atoms with Crippen LogP contribution in [0.1, 0.15) is 26.2 Å². The first-order valence-electron chi connectivity index (χ1n) is 5.93. The summed E-state index contributed by atoms with van der Waals surface area (Å²) in [6.45, 7) is 1.83. The third kappa shape index (κ3) is 2.32. The first kappa shape index (κ1) is 13.2. The molecule has 1 aromatic rings. The average Bonchev–Trinajstić information content (AvgIpc) is 2.76. The largest absolute Gasteiger partial charge is 0.339 e. The van der Waals surface area contributed by atoms with Gasteiger partial charge in [0, 0.05) is 19.8 Å². The van der Waals surface area contributed by atoms with Crippen molar-refractivity contribution in [3.63, 3.8) is 0 Å². The minimum Gasteiger partial charge on any atom is -0.339 e. The monoisotopic (exact) mass is 271 g/mol. The van der Waals surface area contributed by atoms with Crippen molar-refractivity contribution < 1.29 is 13.2 Å². The number of imidazole rings is 1. The van der Waals surface area contributed by atoms with Gasteiger partial charge in [0.2, 0.25) is 0 Å². The summed E-state index contributed by atoms with van der Waals surface area (Å²) in [5.41, 5.74) is 0. The van der Waals surface area contributed by atoms with Crippen molar-refractivity contribution in [1.29, 1.82) is 0 Å². The molecular weight excluding hydrogens is 254 g/mol. The molecule has 0 aromatic carbocycles. The summed E-state index contributed by atoms with van der Waals surface area (Å²) >= 11 is 0. The van der Waals surface area contributed by atoms with Gasteiger partial charge < -0.3 is 4.57 Å². The van der Waals surface area contributed by atoms with E-state index in [-0.39, 0.29) is 10.8 Å². The van der Waals surface area contributed by atoms with Gasteiger partial charge in [-0.25, -0.2) is 13.4 Å². The Hall–Kier alpha value is -1.21. The first-order chi connectivity index (χ1) is 8.43. The van der Waals surface area contributed by atoms with Crippen molar-refractivity contribution >= 4 is 15.8 Å². The van der Waals surface area contributed by atoms with Crippen LogP contribution in [0.4, 0.5) is 0 Å². The predicted molar refractivity (Wildman–Crippen MR) is 65.4 cm³/mol. The molecule has 1 aliphatic heterocycles. The molecule has 0 aliphatic carbocycles. The standard InChI is InChI=1S/C11H17N3O3S/c1-9(15)10-5-3-4-6-14(10)18(16,17)11-7-13(2)8-12-11/h7-8,10H,3-6H2,1-2H3. The fourth-order valence-corrected chi connectivity index (χ4v) is 3.92. The number of aromatic nitrogens is 2. The van der Waals surface area contributed by atoms with Crippen LogP contribution in [-0.2, 0) is 21.9 Å². The maximum absolute atomic E-state index is 12.4. The summed E-state index contributed by atoms with van der Waals surface area (Å²) in [6, 6.07) is -0.536. The number of carbonyl (C=O) groups is 1. The fourth-order valence-electron chi connectivity index (χ4n) is 2.24. The molecule has 0 amide bonds. The zero-order valence-electron chi connectivity index (χ0n) is 10.5. The summed E-state index contributed by atoms with van der Waals surface area (Å²) in [6.07, 6.45) is 5.18. The van der Waals surface area contributed by atoms with E-state index < -0.39 is 16.1 Å². The molecule has 7 heteroatoms. The Labute approximate surface area is 107 Å². The van der Waals surface area contributed by atoms with Crippen LogP contribution in [-0.4, -0.2) is 40.6 Å².